The molecule has 3 aromatic rings. The van der Waals surface area contributed by atoms with Crippen LogP contribution in [-0.4, -0.2) is 50.5 Å². The van der Waals surface area contributed by atoms with Crippen LogP contribution in [0, 0.1) is 0 Å². The van der Waals surface area contributed by atoms with Crippen molar-refractivity contribution in [3.63, 3.8) is 0 Å². The fraction of sp³-hybridized carbons (Fsp3) is 0.286. The summed E-state index contributed by atoms with van der Waals surface area (Å²) in [6, 6.07) is 19.2. The van der Waals surface area contributed by atoms with Gasteiger partial charge in [-0.15, -0.1) is 0 Å². The van der Waals surface area contributed by atoms with E-state index in [4.69, 9.17) is 9.57 Å². The Hall–Kier alpha value is -3.23. The van der Waals surface area contributed by atoms with Gasteiger partial charge in [0.25, 0.3) is 0 Å². The Kier molecular flexibility index (Phi) is 4.71. The van der Waals surface area contributed by atoms with Crippen LogP contribution in [0.5, 0.6) is 0 Å². The molecule has 3 heterocycles. The molecule has 0 spiro atoms. The number of urea groups is 1. The number of hydrogen-bond acceptors (Lipinski definition) is 5. The number of carbonyl (C=O) groups excluding carboxylic acids is 1. The van der Waals surface area contributed by atoms with Gasteiger partial charge in [0.1, 0.15) is 12.4 Å². The maximum absolute atomic E-state index is 13.0. The van der Waals surface area contributed by atoms with Crippen LogP contribution in [-0.2, 0) is 16.1 Å². The van der Waals surface area contributed by atoms with E-state index < -0.39 is 0 Å². The maximum atomic E-state index is 13.0. The minimum absolute atomic E-state index is 0.188. The van der Waals surface area contributed by atoms with Gasteiger partial charge in [0.15, 0.2) is 5.82 Å². The molecule has 0 saturated carbocycles. The highest BCUT2D eigenvalue weighted by Crippen LogP contribution is 2.39. The molecule has 0 bridgehead atoms. The van der Waals surface area contributed by atoms with Gasteiger partial charge >= 0.3 is 6.03 Å². The number of morpholine rings is 1. The summed E-state index contributed by atoms with van der Waals surface area (Å²) < 4.78 is 7.39. The first kappa shape index (κ1) is 17.8. The summed E-state index contributed by atoms with van der Waals surface area (Å²) in [7, 11) is 0. The van der Waals surface area contributed by atoms with E-state index in [0.717, 1.165) is 11.1 Å². The van der Waals surface area contributed by atoms with Crippen molar-refractivity contribution in [3.05, 3.63) is 83.9 Å². The highest BCUT2D eigenvalue weighted by atomic mass is 16.8. The molecule has 29 heavy (non-hydrogen) atoms. The number of rotatable bonds is 4. The molecule has 2 unspecified atom stereocenters. The molecule has 5 rings (SSSR count). The number of benzene rings is 2. The van der Waals surface area contributed by atoms with E-state index in [1.54, 1.807) is 15.9 Å². The van der Waals surface area contributed by atoms with Crippen molar-refractivity contribution in [2.24, 2.45) is 0 Å². The molecule has 8 nitrogen and oxygen atoms in total. The predicted octanol–water partition coefficient (Wildman–Crippen LogP) is 2.77. The summed E-state index contributed by atoms with van der Waals surface area (Å²) >= 11 is 0. The zero-order valence-electron chi connectivity index (χ0n) is 15.8. The van der Waals surface area contributed by atoms with Gasteiger partial charge in [-0.25, -0.2) is 19.3 Å². The average molecular weight is 391 g/mol. The molecule has 2 atom stereocenters. The van der Waals surface area contributed by atoms with Gasteiger partial charge in [0, 0.05) is 12.1 Å². The minimum atomic E-state index is -0.339. The fourth-order valence-electron chi connectivity index (χ4n) is 3.52. The second kappa shape index (κ2) is 7.65. The van der Waals surface area contributed by atoms with Gasteiger partial charge in [-0.3, -0.25) is 0 Å². The summed E-state index contributed by atoms with van der Waals surface area (Å²) in [6.45, 7) is 1.94. The van der Waals surface area contributed by atoms with Crippen molar-refractivity contribution in [2.75, 3.05) is 19.8 Å². The largest absolute Gasteiger partial charge is 0.377 e. The van der Waals surface area contributed by atoms with Gasteiger partial charge in [-0.1, -0.05) is 60.7 Å². The molecule has 148 valence electrons. The maximum Gasteiger partial charge on any atom is 0.347 e. The Labute approximate surface area is 168 Å². The third-order valence-electron chi connectivity index (χ3n) is 5.07. The van der Waals surface area contributed by atoms with Crippen molar-refractivity contribution in [1.29, 1.82) is 0 Å². The zero-order valence-corrected chi connectivity index (χ0v) is 15.8. The highest BCUT2D eigenvalue weighted by Gasteiger charge is 2.47. The van der Waals surface area contributed by atoms with E-state index in [9.17, 15) is 4.79 Å². The average Bonchev–Trinajstić information content (AvgIpc) is 3.46. The number of ether oxygens (including phenoxy) is 1. The van der Waals surface area contributed by atoms with E-state index in [1.165, 1.54) is 5.06 Å². The molecule has 2 aromatic carbocycles. The molecular weight excluding hydrogens is 370 g/mol. The molecule has 8 heteroatoms. The second-order valence-electron chi connectivity index (χ2n) is 7.05. The first-order valence-corrected chi connectivity index (χ1v) is 9.62. The van der Waals surface area contributed by atoms with Crippen LogP contribution in [0.25, 0.3) is 0 Å². The lowest BCUT2D eigenvalue weighted by Gasteiger charge is -2.33. The van der Waals surface area contributed by atoms with Crippen LogP contribution in [0.2, 0.25) is 0 Å². The number of amides is 2. The molecule has 0 radical (unpaired) electrons. The van der Waals surface area contributed by atoms with Gasteiger partial charge in [-0.05, 0) is 5.56 Å². The molecule has 2 fully saturated rings. The number of carbonyl (C=O) groups is 1. The van der Waals surface area contributed by atoms with Crippen molar-refractivity contribution in [1.82, 2.24) is 24.7 Å². The molecule has 1 aromatic heterocycles. The first-order chi connectivity index (χ1) is 14.3. The van der Waals surface area contributed by atoms with Crippen LogP contribution < -0.4 is 0 Å². The summed E-state index contributed by atoms with van der Waals surface area (Å²) in [6.07, 6.45) is 1.36. The topological polar surface area (TPSA) is 75.8 Å². The Morgan fingerprint density at radius 1 is 1.07 bits per heavy atom. The van der Waals surface area contributed by atoms with Crippen LogP contribution in [0.15, 0.2) is 67.0 Å². The third-order valence-corrected chi connectivity index (χ3v) is 5.07. The smallest absolute Gasteiger partial charge is 0.347 e. The normalized spacial score (nSPS) is 21.2. The number of hydroxylamine groups is 2. The summed E-state index contributed by atoms with van der Waals surface area (Å²) in [4.78, 5) is 24.8. The van der Waals surface area contributed by atoms with E-state index in [2.05, 4.69) is 10.1 Å². The lowest BCUT2D eigenvalue weighted by Crippen LogP contribution is -2.45. The quantitative estimate of drug-likeness (QED) is 0.639. The van der Waals surface area contributed by atoms with Crippen molar-refractivity contribution in [2.45, 2.75) is 18.8 Å². The fourth-order valence-corrected chi connectivity index (χ4v) is 3.52. The molecule has 2 aliphatic heterocycles. The van der Waals surface area contributed by atoms with Gasteiger partial charge in [0.05, 0.1) is 19.8 Å². The van der Waals surface area contributed by atoms with E-state index in [-0.39, 0.29) is 18.3 Å². The number of nitrogens with zero attached hydrogens (tertiary/aromatic N) is 5. The van der Waals surface area contributed by atoms with Gasteiger partial charge in [0.2, 0.25) is 6.23 Å². The van der Waals surface area contributed by atoms with E-state index in [1.807, 2.05) is 60.7 Å². The number of hydrogen-bond donors (Lipinski definition) is 0. The van der Waals surface area contributed by atoms with Crippen LogP contribution in [0.4, 0.5) is 4.79 Å². The monoisotopic (exact) mass is 391 g/mol. The Balaban J connectivity index is 1.30. The highest BCUT2D eigenvalue weighted by molar-refractivity contribution is 5.75. The standard InChI is InChI=1S/C21H21N5O3/c27-21(26-20(29-26)17-9-5-2-6-10-17)25-11-12-28-14-18(25)19-22-15-24(23-19)13-16-7-3-1-4-8-16/h1-10,15,18,20H,11-14H2. The molecule has 0 aliphatic carbocycles. The molecule has 2 saturated heterocycles. The minimum Gasteiger partial charge on any atom is -0.377 e. The summed E-state index contributed by atoms with van der Waals surface area (Å²) in [5.74, 6) is 0.576. The Morgan fingerprint density at radius 2 is 1.83 bits per heavy atom. The number of aromatic nitrogens is 3. The van der Waals surface area contributed by atoms with Crippen molar-refractivity contribution in [3.8, 4) is 0 Å². The predicted molar refractivity (Wildman–Crippen MR) is 103 cm³/mol. The SMILES string of the molecule is O=C(N1CCOCC1c1ncn(Cc2ccccc2)n1)N1OC1c1ccccc1. The molecule has 2 amide bonds. The summed E-state index contributed by atoms with van der Waals surface area (Å²) in [5.41, 5.74) is 2.09. The van der Waals surface area contributed by atoms with Crippen molar-refractivity contribution >= 4 is 6.03 Å². The van der Waals surface area contributed by atoms with E-state index in [0.29, 0.717) is 32.1 Å². The Bertz CT molecular complexity index is 978. The van der Waals surface area contributed by atoms with E-state index >= 15 is 0 Å². The zero-order chi connectivity index (χ0) is 19.6. The molecule has 0 N–H and O–H groups in total. The van der Waals surface area contributed by atoms with Crippen LogP contribution in [0.1, 0.15) is 29.2 Å². The van der Waals surface area contributed by atoms with Gasteiger partial charge in [-0.2, -0.15) is 10.2 Å². The summed E-state index contributed by atoms with van der Waals surface area (Å²) in [5, 5.41) is 5.99. The Morgan fingerprint density at radius 3 is 2.62 bits per heavy atom. The van der Waals surface area contributed by atoms with Gasteiger partial charge < -0.3 is 9.64 Å². The third kappa shape index (κ3) is 3.72. The lowest BCUT2D eigenvalue weighted by molar-refractivity contribution is -0.00105. The van der Waals surface area contributed by atoms with Crippen LogP contribution in [0.3, 0.4) is 0 Å². The van der Waals surface area contributed by atoms with Crippen LogP contribution >= 0.6 is 0 Å². The first-order valence-electron chi connectivity index (χ1n) is 9.62. The molecular formula is C21H21N5O3. The second-order valence-corrected chi connectivity index (χ2v) is 7.05. The van der Waals surface area contributed by atoms with Crippen molar-refractivity contribution < 1.29 is 14.4 Å². The molecule has 2 aliphatic rings. The lowest BCUT2D eigenvalue weighted by atomic mass is 10.2.